The second kappa shape index (κ2) is 10.2. The van der Waals surface area contributed by atoms with E-state index in [1.54, 1.807) is 54.9 Å². The van der Waals surface area contributed by atoms with E-state index < -0.39 is 11.6 Å². The van der Waals surface area contributed by atoms with Crippen LogP contribution in [0.15, 0.2) is 73.1 Å². The first-order valence-electron chi connectivity index (χ1n) is 11.3. The fourth-order valence-corrected chi connectivity index (χ4v) is 4.05. The number of halogens is 3. The van der Waals surface area contributed by atoms with Crippen LogP contribution in [0.3, 0.4) is 0 Å². The Morgan fingerprint density at radius 3 is 2.56 bits per heavy atom. The summed E-state index contributed by atoms with van der Waals surface area (Å²) in [6.45, 7) is 0.478. The molecule has 180 valence electrons. The van der Waals surface area contributed by atoms with Gasteiger partial charge in [-0.25, -0.2) is 23.7 Å². The van der Waals surface area contributed by atoms with Crippen LogP contribution in [0, 0.1) is 11.6 Å². The molecule has 0 unspecified atom stereocenters. The fourth-order valence-electron chi connectivity index (χ4n) is 3.87. The number of benzene rings is 3. The van der Waals surface area contributed by atoms with Gasteiger partial charge in [0.05, 0.1) is 21.7 Å². The van der Waals surface area contributed by atoms with E-state index in [0.29, 0.717) is 34.4 Å². The normalized spacial score (nSPS) is 11.1. The summed E-state index contributed by atoms with van der Waals surface area (Å²) in [7, 11) is 0. The highest BCUT2D eigenvalue weighted by molar-refractivity contribution is 6.31. The molecule has 36 heavy (non-hydrogen) atoms. The van der Waals surface area contributed by atoms with Crippen LogP contribution in [-0.2, 0) is 6.42 Å². The minimum atomic E-state index is -0.637. The maximum Gasteiger partial charge on any atom is 0.251 e. The molecule has 0 saturated carbocycles. The van der Waals surface area contributed by atoms with Gasteiger partial charge in [0, 0.05) is 42.0 Å². The molecular weight excluding hydrogens is 484 g/mol. The van der Waals surface area contributed by atoms with Crippen LogP contribution >= 0.6 is 11.6 Å². The summed E-state index contributed by atoms with van der Waals surface area (Å²) in [5.74, 6) is -0.427. The van der Waals surface area contributed by atoms with Gasteiger partial charge in [0.25, 0.3) is 5.91 Å². The zero-order chi connectivity index (χ0) is 25.1. The summed E-state index contributed by atoms with van der Waals surface area (Å²) in [5, 5.41) is 2.84. The number of aryl methyl sites for hydroxylation is 1. The largest absolute Gasteiger partial charge is 0.352 e. The number of aromatic amines is 1. The third-order valence-electron chi connectivity index (χ3n) is 5.68. The molecular formula is C27H20ClF2N5O. The molecule has 9 heteroatoms. The number of carbonyl (C=O) groups excluding carboxylic acids is 1. The number of hydrogen-bond acceptors (Lipinski definition) is 4. The smallest absolute Gasteiger partial charge is 0.251 e. The molecule has 0 bridgehead atoms. The molecule has 1 amide bonds. The topological polar surface area (TPSA) is 83.6 Å². The molecule has 2 aromatic heterocycles. The summed E-state index contributed by atoms with van der Waals surface area (Å²) in [4.78, 5) is 29.3. The Bertz CT molecular complexity index is 1540. The van der Waals surface area contributed by atoms with E-state index in [-0.39, 0.29) is 22.2 Å². The van der Waals surface area contributed by atoms with Crippen molar-refractivity contribution in [1.82, 2.24) is 25.3 Å². The molecule has 0 aliphatic rings. The van der Waals surface area contributed by atoms with Crippen molar-refractivity contribution >= 4 is 28.5 Å². The first-order chi connectivity index (χ1) is 17.5. The Hall–Kier alpha value is -4.17. The van der Waals surface area contributed by atoms with E-state index in [1.165, 1.54) is 18.2 Å². The van der Waals surface area contributed by atoms with Gasteiger partial charge in [-0.15, -0.1) is 0 Å². The summed E-state index contributed by atoms with van der Waals surface area (Å²) in [6.07, 6.45) is 4.90. The van der Waals surface area contributed by atoms with Crippen molar-refractivity contribution in [3.63, 3.8) is 0 Å². The number of fused-ring (bicyclic) bond motifs is 1. The molecule has 2 heterocycles. The van der Waals surface area contributed by atoms with Crippen LogP contribution < -0.4 is 5.32 Å². The Kier molecular flexibility index (Phi) is 6.69. The lowest BCUT2D eigenvalue weighted by atomic mass is 10.0. The molecule has 0 atom stereocenters. The van der Waals surface area contributed by atoms with Crippen LogP contribution in [0.1, 0.15) is 22.6 Å². The molecule has 6 nitrogen and oxygen atoms in total. The first-order valence-corrected chi connectivity index (χ1v) is 11.7. The average molecular weight is 504 g/mol. The Labute approximate surface area is 210 Å². The molecule has 0 fully saturated rings. The van der Waals surface area contributed by atoms with Crippen LogP contribution in [0.25, 0.3) is 33.5 Å². The monoisotopic (exact) mass is 503 g/mol. The number of nitrogens with zero attached hydrogens (tertiary/aromatic N) is 3. The second-order valence-electron chi connectivity index (χ2n) is 8.13. The molecule has 0 aliphatic carbocycles. The average Bonchev–Trinajstić information content (AvgIpc) is 3.41. The van der Waals surface area contributed by atoms with E-state index in [1.807, 2.05) is 0 Å². The minimum absolute atomic E-state index is 0.0536. The number of nitrogens with one attached hydrogen (secondary N) is 2. The fraction of sp³-hybridized carbons (Fsp3) is 0.111. The van der Waals surface area contributed by atoms with Crippen LogP contribution in [0.2, 0.25) is 5.02 Å². The van der Waals surface area contributed by atoms with Crippen molar-refractivity contribution in [1.29, 1.82) is 0 Å². The second-order valence-corrected chi connectivity index (χ2v) is 8.54. The van der Waals surface area contributed by atoms with Crippen molar-refractivity contribution in [2.45, 2.75) is 12.8 Å². The standard InChI is InChI=1S/C27H20ClF2N5O/c28-20-4-1-3-19(24(20)30)26-25(16-6-9-18(29)10-7-16)34-21-11-8-17(15-22(21)35-26)27(36)33-12-2-5-23-31-13-14-32-23/h1,3-4,6-11,13-15H,2,5,12H2,(H,31,32)(H,33,36). The van der Waals surface area contributed by atoms with Gasteiger partial charge in [-0.05, 0) is 61.0 Å². The predicted molar refractivity (Wildman–Crippen MR) is 135 cm³/mol. The summed E-state index contributed by atoms with van der Waals surface area (Å²) < 4.78 is 28.5. The van der Waals surface area contributed by atoms with E-state index in [9.17, 15) is 13.6 Å². The lowest BCUT2D eigenvalue weighted by Gasteiger charge is -2.12. The van der Waals surface area contributed by atoms with Gasteiger partial charge in [0.2, 0.25) is 0 Å². The third-order valence-corrected chi connectivity index (χ3v) is 5.97. The molecule has 3 aromatic carbocycles. The molecule has 0 saturated heterocycles. The van der Waals surface area contributed by atoms with Crippen molar-refractivity contribution in [2.24, 2.45) is 0 Å². The zero-order valence-electron chi connectivity index (χ0n) is 18.9. The minimum Gasteiger partial charge on any atom is -0.352 e. The molecule has 2 N–H and O–H groups in total. The van der Waals surface area contributed by atoms with Crippen molar-refractivity contribution < 1.29 is 13.6 Å². The summed E-state index contributed by atoms with van der Waals surface area (Å²) in [6, 6.07) is 15.3. The third kappa shape index (κ3) is 4.94. The van der Waals surface area contributed by atoms with Gasteiger partial charge in [-0.1, -0.05) is 17.7 Å². The van der Waals surface area contributed by atoms with Crippen LogP contribution in [0.4, 0.5) is 8.78 Å². The molecule has 0 spiro atoms. The van der Waals surface area contributed by atoms with E-state index in [4.69, 9.17) is 11.6 Å². The highest BCUT2D eigenvalue weighted by atomic mass is 35.5. The van der Waals surface area contributed by atoms with Gasteiger partial charge in [0.1, 0.15) is 17.3 Å². The Morgan fingerprint density at radius 2 is 1.78 bits per heavy atom. The van der Waals surface area contributed by atoms with Gasteiger partial charge in [-0.3, -0.25) is 4.79 Å². The van der Waals surface area contributed by atoms with Crippen molar-refractivity contribution in [2.75, 3.05) is 6.54 Å². The maximum atomic E-state index is 15.0. The number of amides is 1. The van der Waals surface area contributed by atoms with Crippen LogP contribution in [0.5, 0.6) is 0 Å². The highest BCUT2D eigenvalue weighted by Gasteiger charge is 2.19. The number of rotatable bonds is 7. The molecule has 0 radical (unpaired) electrons. The van der Waals surface area contributed by atoms with Crippen molar-refractivity contribution in [3.05, 3.63) is 101 Å². The number of hydrogen-bond donors (Lipinski definition) is 2. The van der Waals surface area contributed by atoms with Gasteiger partial charge < -0.3 is 10.3 Å². The lowest BCUT2D eigenvalue weighted by molar-refractivity contribution is 0.0953. The highest BCUT2D eigenvalue weighted by Crippen LogP contribution is 2.34. The van der Waals surface area contributed by atoms with Gasteiger partial charge >= 0.3 is 0 Å². The predicted octanol–water partition coefficient (Wildman–Crippen LogP) is 5.98. The zero-order valence-corrected chi connectivity index (χ0v) is 19.7. The summed E-state index contributed by atoms with van der Waals surface area (Å²) >= 11 is 6.03. The number of aromatic nitrogens is 4. The molecule has 5 aromatic rings. The van der Waals surface area contributed by atoms with Crippen molar-refractivity contribution in [3.8, 4) is 22.5 Å². The number of imidazole rings is 1. The van der Waals surface area contributed by atoms with E-state index >= 15 is 0 Å². The quantitative estimate of drug-likeness (QED) is 0.268. The van der Waals surface area contributed by atoms with E-state index in [2.05, 4.69) is 25.3 Å². The number of H-pyrrole nitrogens is 1. The molecule has 5 rings (SSSR count). The Morgan fingerprint density at radius 1 is 0.972 bits per heavy atom. The maximum absolute atomic E-state index is 15.0. The summed E-state index contributed by atoms with van der Waals surface area (Å²) in [5.41, 5.74) is 2.67. The molecule has 0 aliphatic heterocycles. The van der Waals surface area contributed by atoms with E-state index in [0.717, 1.165) is 18.7 Å². The lowest BCUT2D eigenvalue weighted by Crippen LogP contribution is -2.24. The van der Waals surface area contributed by atoms with Gasteiger partial charge in [-0.2, -0.15) is 0 Å². The first kappa shape index (κ1) is 23.6. The Balaban J connectivity index is 1.49. The van der Waals surface area contributed by atoms with Crippen LogP contribution in [-0.4, -0.2) is 32.4 Å². The SMILES string of the molecule is O=C(NCCCc1ncc[nH]1)c1ccc2nc(-c3ccc(F)cc3)c(-c3cccc(Cl)c3F)nc2c1. The number of carbonyl (C=O) groups is 1. The van der Waals surface area contributed by atoms with Gasteiger partial charge in [0.15, 0.2) is 5.82 Å².